The standard InChI is InChI=1S/C22H26ClN7O/c1-28(2)11-4-6-18(31)29-12-3-5-17(13-29)30-22-19(21(24)25-14-26-22)20(27-30)15-7-9-16(23)10-8-15/h4,6-10,14,17H,3,5,11-13H2,1-2H3,(H2,24,25,26)/b6-4+/t17-/m1/s1. The van der Waals surface area contributed by atoms with Gasteiger partial charge in [-0.25, -0.2) is 14.6 Å². The molecule has 0 aliphatic carbocycles. The lowest BCUT2D eigenvalue weighted by Crippen LogP contribution is -2.40. The smallest absolute Gasteiger partial charge is 0.246 e. The summed E-state index contributed by atoms with van der Waals surface area (Å²) in [6.07, 6.45) is 6.81. The van der Waals surface area contributed by atoms with Crippen LogP contribution in [0.1, 0.15) is 18.9 Å². The number of nitrogen functional groups attached to an aromatic ring is 1. The fraction of sp³-hybridized carbons (Fsp3) is 0.364. The molecule has 8 nitrogen and oxygen atoms in total. The summed E-state index contributed by atoms with van der Waals surface area (Å²) in [5.74, 6) is 0.409. The first-order valence-corrected chi connectivity index (χ1v) is 10.7. The van der Waals surface area contributed by atoms with Gasteiger partial charge in [0.2, 0.25) is 5.91 Å². The van der Waals surface area contributed by atoms with Crippen molar-refractivity contribution in [3.8, 4) is 11.3 Å². The minimum Gasteiger partial charge on any atom is -0.383 e. The molecule has 1 fully saturated rings. The Hall–Kier alpha value is -2.97. The van der Waals surface area contributed by atoms with Gasteiger partial charge in [0.05, 0.1) is 11.4 Å². The van der Waals surface area contributed by atoms with E-state index in [1.165, 1.54) is 6.33 Å². The van der Waals surface area contributed by atoms with Gasteiger partial charge in [-0.2, -0.15) is 5.10 Å². The van der Waals surface area contributed by atoms with E-state index in [1.807, 2.05) is 58.9 Å². The van der Waals surface area contributed by atoms with Gasteiger partial charge < -0.3 is 15.5 Å². The van der Waals surface area contributed by atoms with E-state index < -0.39 is 0 Å². The molecule has 1 saturated heterocycles. The minimum atomic E-state index is 0.0119. The molecule has 0 unspecified atom stereocenters. The Morgan fingerprint density at radius 3 is 2.81 bits per heavy atom. The van der Waals surface area contributed by atoms with Crippen molar-refractivity contribution in [2.45, 2.75) is 18.9 Å². The number of hydrogen-bond acceptors (Lipinski definition) is 6. The minimum absolute atomic E-state index is 0.0119. The third-order valence-corrected chi connectivity index (χ3v) is 5.67. The maximum Gasteiger partial charge on any atom is 0.246 e. The Morgan fingerprint density at radius 2 is 2.06 bits per heavy atom. The number of aromatic nitrogens is 4. The van der Waals surface area contributed by atoms with E-state index in [2.05, 4.69) is 9.97 Å². The molecule has 3 heterocycles. The second-order valence-corrected chi connectivity index (χ2v) is 8.44. The molecule has 1 atom stereocenters. The van der Waals surface area contributed by atoms with Crippen LogP contribution in [0.4, 0.5) is 5.82 Å². The third kappa shape index (κ3) is 4.55. The van der Waals surface area contributed by atoms with Crippen molar-refractivity contribution in [2.24, 2.45) is 0 Å². The van der Waals surface area contributed by atoms with Gasteiger partial charge in [-0.15, -0.1) is 0 Å². The fourth-order valence-corrected chi connectivity index (χ4v) is 4.01. The highest BCUT2D eigenvalue weighted by Gasteiger charge is 2.28. The van der Waals surface area contributed by atoms with E-state index in [9.17, 15) is 4.79 Å². The molecule has 0 bridgehead atoms. The van der Waals surface area contributed by atoms with Crippen molar-refractivity contribution >= 4 is 34.4 Å². The van der Waals surface area contributed by atoms with E-state index >= 15 is 0 Å². The van der Waals surface area contributed by atoms with Crippen molar-refractivity contribution in [2.75, 3.05) is 39.5 Å². The van der Waals surface area contributed by atoms with Crippen LogP contribution in [0.25, 0.3) is 22.3 Å². The SMILES string of the molecule is CN(C)C/C=C/C(=O)N1CCC[C@@H](n2nc(-c3ccc(Cl)cc3)c3c(N)ncnc32)C1. The number of rotatable bonds is 5. The molecule has 1 amide bonds. The van der Waals surface area contributed by atoms with E-state index in [0.717, 1.165) is 42.6 Å². The average Bonchev–Trinajstić information content (AvgIpc) is 3.15. The number of anilines is 1. The summed E-state index contributed by atoms with van der Waals surface area (Å²) in [6, 6.07) is 7.48. The lowest BCUT2D eigenvalue weighted by molar-refractivity contribution is -0.127. The molecule has 3 aromatic rings. The topological polar surface area (TPSA) is 93.2 Å². The van der Waals surface area contributed by atoms with Gasteiger partial charge in [0.15, 0.2) is 5.65 Å². The molecular weight excluding hydrogens is 414 g/mol. The fourth-order valence-electron chi connectivity index (χ4n) is 3.88. The Kier molecular flexibility index (Phi) is 6.20. The van der Waals surface area contributed by atoms with Crippen LogP contribution in [0.2, 0.25) is 5.02 Å². The number of likely N-dealkylation sites (tertiary alicyclic amines) is 1. The van der Waals surface area contributed by atoms with Crippen molar-refractivity contribution in [1.29, 1.82) is 0 Å². The quantitative estimate of drug-likeness (QED) is 0.614. The molecule has 1 aliphatic rings. The Morgan fingerprint density at radius 1 is 1.29 bits per heavy atom. The summed E-state index contributed by atoms with van der Waals surface area (Å²) < 4.78 is 1.90. The Bertz CT molecular complexity index is 1110. The summed E-state index contributed by atoms with van der Waals surface area (Å²) in [4.78, 5) is 25.2. The van der Waals surface area contributed by atoms with Crippen LogP contribution in [0.5, 0.6) is 0 Å². The van der Waals surface area contributed by atoms with Crippen molar-refractivity contribution in [3.63, 3.8) is 0 Å². The lowest BCUT2D eigenvalue weighted by atomic mass is 10.1. The van der Waals surface area contributed by atoms with Gasteiger partial charge in [-0.3, -0.25) is 4.79 Å². The molecular formula is C22H26ClN7O. The highest BCUT2D eigenvalue weighted by atomic mass is 35.5. The monoisotopic (exact) mass is 439 g/mol. The van der Waals surface area contributed by atoms with E-state index in [-0.39, 0.29) is 11.9 Å². The number of carbonyl (C=O) groups is 1. The zero-order valence-corrected chi connectivity index (χ0v) is 18.5. The van der Waals surface area contributed by atoms with Crippen LogP contribution in [-0.2, 0) is 4.79 Å². The number of carbonyl (C=O) groups excluding carboxylic acids is 1. The Labute approximate surface area is 186 Å². The number of nitrogens with zero attached hydrogens (tertiary/aromatic N) is 6. The largest absolute Gasteiger partial charge is 0.383 e. The molecule has 2 aromatic heterocycles. The van der Waals surface area contributed by atoms with Crippen LogP contribution in [0, 0.1) is 0 Å². The van der Waals surface area contributed by atoms with Crippen molar-refractivity contribution in [1.82, 2.24) is 29.5 Å². The van der Waals surface area contributed by atoms with Crippen LogP contribution in [0.15, 0.2) is 42.7 Å². The van der Waals surface area contributed by atoms with Gasteiger partial charge in [-0.05, 0) is 39.1 Å². The van der Waals surface area contributed by atoms with Gasteiger partial charge in [0.1, 0.15) is 17.8 Å². The lowest BCUT2D eigenvalue weighted by Gasteiger charge is -2.32. The zero-order valence-electron chi connectivity index (χ0n) is 17.7. The maximum absolute atomic E-state index is 12.7. The first-order valence-electron chi connectivity index (χ1n) is 10.3. The first-order chi connectivity index (χ1) is 14.9. The van der Waals surface area contributed by atoms with Gasteiger partial charge in [0, 0.05) is 36.3 Å². The molecule has 0 saturated carbocycles. The number of piperidine rings is 1. The number of halogens is 1. The summed E-state index contributed by atoms with van der Waals surface area (Å²) in [6.45, 7) is 2.04. The molecule has 2 N–H and O–H groups in total. The molecule has 0 radical (unpaired) electrons. The number of fused-ring (bicyclic) bond motifs is 1. The molecule has 0 spiro atoms. The van der Waals surface area contributed by atoms with Crippen LogP contribution >= 0.6 is 11.6 Å². The average molecular weight is 440 g/mol. The molecule has 4 rings (SSSR count). The molecule has 162 valence electrons. The van der Waals surface area contributed by atoms with Gasteiger partial charge in [0.25, 0.3) is 0 Å². The van der Waals surface area contributed by atoms with Crippen molar-refractivity contribution in [3.05, 3.63) is 47.8 Å². The summed E-state index contributed by atoms with van der Waals surface area (Å²) in [5.41, 5.74) is 8.51. The first kappa shape index (κ1) is 21.3. The van der Waals surface area contributed by atoms with E-state index in [4.69, 9.17) is 22.4 Å². The van der Waals surface area contributed by atoms with Crippen LogP contribution < -0.4 is 5.73 Å². The number of amides is 1. The normalized spacial score (nSPS) is 17.2. The van der Waals surface area contributed by atoms with E-state index in [1.54, 1.807) is 6.08 Å². The predicted molar refractivity (Wildman–Crippen MR) is 123 cm³/mol. The molecule has 31 heavy (non-hydrogen) atoms. The van der Waals surface area contributed by atoms with Crippen LogP contribution in [-0.4, -0.2) is 69.2 Å². The molecule has 1 aliphatic heterocycles. The number of likely N-dealkylation sites (N-methyl/N-ethyl adjacent to an activating group) is 1. The molecule has 1 aromatic carbocycles. The van der Waals surface area contributed by atoms with E-state index in [0.29, 0.717) is 23.0 Å². The van der Waals surface area contributed by atoms with Crippen molar-refractivity contribution < 1.29 is 4.79 Å². The number of hydrogen-bond donors (Lipinski definition) is 1. The summed E-state index contributed by atoms with van der Waals surface area (Å²) >= 11 is 6.05. The summed E-state index contributed by atoms with van der Waals surface area (Å²) in [5, 5.41) is 6.26. The maximum atomic E-state index is 12.7. The number of benzene rings is 1. The highest BCUT2D eigenvalue weighted by molar-refractivity contribution is 6.30. The van der Waals surface area contributed by atoms with Crippen LogP contribution in [0.3, 0.4) is 0 Å². The second-order valence-electron chi connectivity index (χ2n) is 8.00. The summed E-state index contributed by atoms with van der Waals surface area (Å²) in [7, 11) is 3.95. The van der Waals surface area contributed by atoms with Gasteiger partial charge >= 0.3 is 0 Å². The highest BCUT2D eigenvalue weighted by Crippen LogP contribution is 2.34. The predicted octanol–water partition coefficient (Wildman–Crippen LogP) is 3.01. The Balaban J connectivity index is 1.66. The second kappa shape index (κ2) is 9.03. The third-order valence-electron chi connectivity index (χ3n) is 5.42. The van der Waals surface area contributed by atoms with Gasteiger partial charge in [-0.1, -0.05) is 29.8 Å². The molecule has 9 heteroatoms. The zero-order chi connectivity index (χ0) is 22.0. The number of nitrogens with two attached hydrogens (primary N) is 1.